The quantitative estimate of drug-likeness (QED) is 0.520. The summed E-state index contributed by atoms with van der Waals surface area (Å²) >= 11 is 0. The van der Waals surface area contributed by atoms with Crippen LogP contribution >= 0.6 is 0 Å². The van der Waals surface area contributed by atoms with Crippen molar-refractivity contribution in [2.75, 3.05) is 0 Å². The number of carbonyl (C=O) groups is 1. The van der Waals surface area contributed by atoms with Crippen molar-refractivity contribution >= 4 is 5.78 Å². The Kier molecular flexibility index (Phi) is 2.92. The average molecular weight is 148 g/mol. The van der Waals surface area contributed by atoms with E-state index in [9.17, 15) is 4.79 Å². The van der Waals surface area contributed by atoms with Gasteiger partial charge in [-0.3, -0.25) is 4.79 Å². The summed E-state index contributed by atoms with van der Waals surface area (Å²) in [7, 11) is 0. The summed E-state index contributed by atoms with van der Waals surface area (Å²) in [4.78, 5) is 11.2. The third-order valence-corrected chi connectivity index (χ3v) is 1.81. The predicted molar refractivity (Wildman–Crippen MR) is 45.0 cm³/mol. The molecule has 0 spiro atoms. The van der Waals surface area contributed by atoms with E-state index < -0.39 is 0 Å². The molecule has 1 rings (SSSR count). The van der Waals surface area contributed by atoms with E-state index in [0.717, 1.165) is 24.8 Å². The Balaban J connectivity index is 2.58. The molecule has 0 aromatic heterocycles. The van der Waals surface area contributed by atoms with Crippen molar-refractivity contribution in [3.8, 4) is 11.8 Å². The zero-order valence-corrected chi connectivity index (χ0v) is 6.81. The Hall–Kier alpha value is -1.03. The van der Waals surface area contributed by atoms with E-state index in [4.69, 9.17) is 0 Å². The Morgan fingerprint density at radius 3 is 3.09 bits per heavy atom. The summed E-state index contributed by atoms with van der Waals surface area (Å²) in [5.41, 5.74) is 0.922. The van der Waals surface area contributed by atoms with Gasteiger partial charge >= 0.3 is 0 Å². The largest absolute Gasteiger partial charge is 0.295 e. The maximum absolute atomic E-state index is 11.2. The highest BCUT2D eigenvalue weighted by Crippen LogP contribution is 2.15. The van der Waals surface area contributed by atoms with Crippen LogP contribution in [0.25, 0.3) is 0 Å². The van der Waals surface area contributed by atoms with E-state index in [2.05, 4.69) is 11.8 Å². The van der Waals surface area contributed by atoms with Crippen LogP contribution in [-0.2, 0) is 4.79 Å². The van der Waals surface area contributed by atoms with Crippen molar-refractivity contribution in [1.29, 1.82) is 0 Å². The number of rotatable bonds is 1. The number of Topliss-reactive ketones (excluding diaryl/α,β-unsaturated/α-hetero) is 1. The van der Waals surface area contributed by atoms with Gasteiger partial charge in [0.2, 0.25) is 0 Å². The van der Waals surface area contributed by atoms with Crippen LogP contribution in [0.4, 0.5) is 0 Å². The van der Waals surface area contributed by atoms with Crippen LogP contribution in [0.5, 0.6) is 0 Å². The molecular weight excluding hydrogens is 136 g/mol. The Morgan fingerprint density at radius 2 is 2.45 bits per heavy atom. The highest BCUT2D eigenvalue weighted by molar-refractivity contribution is 5.96. The first kappa shape index (κ1) is 8.07. The van der Waals surface area contributed by atoms with E-state index in [1.807, 2.05) is 6.08 Å². The number of ketones is 1. The minimum atomic E-state index is 0.291. The fourth-order valence-corrected chi connectivity index (χ4v) is 1.17. The van der Waals surface area contributed by atoms with Crippen molar-refractivity contribution < 1.29 is 4.79 Å². The van der Waals surface area contributed by atoms with Crippen LogP contribution in [-0.4, -0.2) is 5.78 Å². The fourth-order valence-electron chi connectivity index (χ4n) is 1.17. The maximum Gasteiger partial charge on any atom is 0.159 e. The molecule has 0 saturated carbocycles. The highest BCUT2D eigenvalue weighted by atomic mass is 16.1. The molecule has 0 atom stereocenters. The number of carbonyl (C=O) groups excluding carboxylic acids is 1. The molecule has 0 radical (unpaired) electrons. The van der Waals surface area contributed by atoms with E-state index in [-0.39, 0.29) is 0 Å². The highest BCUT2D eigenvalue weighted by Gasteiger charge is 2.11. The molecule has 0 heterocycles. The van der Waals surface area contributed by atoms with Gasteiger partial charge in [-0.25, -0.2) is 0 Å². The summed E-state index contributed by atoms with van der Waals surface area (Å²) in [6.45, 7) is 1.80. The lowest BCUT2D eigenvalue weighted by molar-refractivity contribution is -0.116. The molecule has 0 bridgehead atoms. The first-order valence-electron chi connectivity index (χ1n) is 3.96. The second kappa shape index (κ2) is 3.98. The van der Waals surface area contributed by atoms with Gasteiger partial charge in [0.05, 0.1) is 0 Å². The molecular formula is C10H12O. The molecule has 0 fully saturated rings. The summed E-state index contributed by atoms with van der Waals surface area (Å²) in [5, 5.41) is 0. The normalized spacial score (nSPS) is 16.8. The SMILES string of the molecule is CC#CCC1=CCCCC1=O. The first-order valence-corrected chi connectivity index (χ1v) is 3.96. The monoisotopic (exact) mass is 148 g/mol. The minimum absolute atomic E-state index is 0.291. The smallest absolute Gasteiger partial charge is 0.159 e. The summed E-state index contributed by atoms with van der Waals surface area (Å²) in [6.07, 6.45) is 5.46. The van der Waals surface area contributed by atoms with Gasteiger partial charge in [-0.2, -0.15) is 0 Å². The third kappa shape index (κ3) is 2.23. The summed E-state index contributed by atoms with van der Waals surface area (Å²) in [5.74, 6) is 5.99. The average Bonchev–Trinajstić information content (AvgIpc) is 2.03. The fraction of sp³-hybridized carbons (Fsp3) is 0.500. The zero-order chi connectivity index (χ0) is 8.10. The van der Waals surface area contributed by atoms with Crippen molar-refractivity contribution in [2.24, 2.45) is 0 Å². The van der Waals surface area contributed by atoms with Gasteiger partial charge in [0.25, 0.3) is 0 Å². The number of hydrogen-bond acceptors (Lipinski definition) is 1. The molecule has 0 aromatic rings. The molecule has 0 saturated heterocycles. The molecule has 58 valence electrons. The zero-order valence-electron chi connectivity index (χ0n) is 6.81. The van der Waals surface area contributed by atoms with Gasteiger partial charge < -0.3 is 0 Å². The minimum Gasteiger partial charge on any atom is -0.295 e. The Bertz CT molecular complexity index is 237. The molecule has 1 heteroatoms. The molecule has 1 aliphatic carbocycles. The lowest BCUT2D eigenvalue weighted by Crippen LogP contribution is -2.06. The van der Waals surface area contributed by atoms with E-state index in [1.54, 1.807) is 6.92 Å². The predicted octanol–water partition coefficient (Wildman–Crippen LogP) is 2.08. The van der Waals surface area contributed by atoms with Crippen molar-refractivity contribution in [2.45, 2.75) is 32.6 Å². The summed E-state index contributed by atoms with van der Waals surface area (Å²) < 4.78 is 0. The van der Waals surface area contributed by atoms with Crippen LogP contribution in [0.2, 0.25) is 0 Å². The van der Waals surface area contributed by atoms with Gasteiger partial charge in [-0.1, -0.05) is 12.0 Å². The van der Waals surface area contributed by atoms with Crippen molar-refractivity contribution in [1.82, 2.24) is 0 Å². The first-order chi connectivity index (χ1) is 5.34. The van der Waals surface area contributed by atoms with E-state index in [1.165, 1.54) is 0 Å². The van der Waals surface area contributed by atoms with Crippen LogP contribution in [0.15, 0.2) is 11.6 Å². The van der Waals surface area contributed by atoms with Gasteiger partial charge in [0.15, 0.2) is 5.78 Å². The Morgan fingerprint density at radius 1 is 1.64 bits per heavy atom. The van der Waals surface area contributed by atoms with Crippen molar-refractivity contribution in [3.63, 3.8) is 0 Å². The second-order valence-corrected chi connectivity index (χ2v) is 2.65. The van der Waals surface area contributed by atoms with Gasteiger partial charge in [-0.05, 0) is 19.8 Å². The van der Waals surface area contributed by atoms with Crippen LogP contribution in [0.1, 0.15) is 32.6 Å². The maximum atomic E-state index is 11.2. The molecule has 0 aliphatic heterocycles. The molecule has 1 nitrogen and oxygen atoms in total. The lowest BCUT2D eigenvalue weighted by Gasteiger charge is -2.07. The van der Waals surface area contributed by atoms with E-state index in [0.29, 0.717) is 12.2 Å². The van der Waals surface area contributed by atoms with Crippen LogP contribution in [0, 0.1) is 11.8 Å². The number of hydrogen-bond donors (Lipinski definition) is 0. The van der Waals surface area contributed by atoms with Crippen LogP contribution in [0.3, 0.4) is 0 Å². The summed E-state index contributed by atoms with van der Waals surface area (Å²) in [6, 6.07) is 0. The standard InChI is InChI=1S/C10H12O/c1-2-3-6-9-7-4-5-8-10(9)11/h7H,4-6,8H2,1H3. The molecule has 0 N–H and O–H groups in total. The molecule has 0 aromatic carbocycles. The van der Waals surface area contributed by atoms with Gasteiger partial charge in [0, 0.05) is 18.4 Å². The van der Waals surface area contributed by atoms with Crippen LogP contribution < -0.4 is 0 Å². The van der Waals surface area contributed by atoms with Gasteiger partial charge in [0.1, 0.15) is 0 Å². The molecule has 1 aliphatic rings. The van der Waals surface area contributed by atoms with Crippen molar-refractivity contribution in [3.05, 3.63) is 11.6 Å². The van der Waals surface area contributed by atoms with Gasteiger partial charge in [-0.15, -0.1) is 5.92 Å². The second-order valence-electron chi connectivity index (χ2n) is 2.65. The lowest BCUT2D eigenvalue weighted by atomic mass is 9.96. The number of allylic oxidation sites excluding steroid dienone is 2. The molecule has 0 amide bonds. The van der Waals surface area contributed by atoms with E-state index >= 15 is 0 Å². The molecule has 0 unspecified atom stereocenters. The Labute approximate surface area is 67.5 Å². The molecule has 11 heavy (non-hydrogen) atoms. The third-order valence-electron chi connectivity index (χ3n) is 1.81. The topological polar surface area (TPSA) is 17.1 Å².